The van der Waals surface area contributed by atoms with Gasteiger partial charge >= 0.3 is 0 Å². The van der Waals surface area contributed by atoms with E-state index in [2.05, 4.69) is 10.3 Å². The molecule has 0 radical (unpaired) electrons. The number of likely N-dealkylation sites (tertiary alicyclic amines) is 1. The maximum absolute atomic E-state index is 12.4. The normalized spacial score (nSPS) is 21.2. The molecule has 1 aromatic heterocycles. The molecule has 7 heteroatoms. The number of carbonyl (C=O) groups is 2. The highest BCUT2D eigenvalue weighted by molar-refractivity contribution is 7.13. The minimum atomic E-state index is -0.641. The Balaban J connectivity index is 1.67. The lowest BCUT2D eigenvalue weighted by atomic mass is 10.0. The van der Waals surface area contributed by atoms with Crippen molar-refractivity contribution in [2.24, 2.45) is 0 Å². The van der Waals surface area contributed by atoms with Gasteiger partial charge in [0.25, 0.3) is 0 Å². The molecule has 2 heterocycles. The molecule has 3 rings (SSSR count). The number of aromatic nitrogens is 1. The summed E-state index contributed by atoms with van der Waals surface area (Å²) in [6, 6.07) is 7.23. The number of carbonyl (C=O) groups excluding carboxylic acids is 2. The summed E-state index contributed by atoms with van der Waals surface area (Å²) in [4.78, 5) is 30.2. The van der Waals surface area contributed by atoms with Crippen LogP contribution in [0.5, 0.6) is 0 Å². The topological polar surface area (TPSA) is 82.5 Å². The number of thiazole rings is 1. The van der Waals surface area contributed by atoms with Crippen molar-refractivity contribution in [1.82, 2.24) is 15.2 Å². The third-order valence-corrected chi connectivity index (χ3v) is 5.51. The van der Waals surface area contributed by atoms with Crippen LogP contribution in [-0.4, -0.2) is 46.0 Å². The monoisotopic (exact) mass is 359 g/mol. The van der Waals surface area contributed by atoms with E-state index in [1.54, 1.807) is 11.3 Å². The zero-order valence-electron chi connectivity index (χ0n) is 14.2. The molecule has 1 aromatic carbocycles. The third-order valence-electron chi connectivity index (χ3n) is 4.53. The van der Waals surface area contributed by atoms with E-state index < -0.39 is 12.1 Å². The number of nitrogens with zero attached hydrogens (tertiary/aromatic N) is 2. The number of hydrogen-bond acceptors (Lipinski definition) is 5. The van der Waals surface area contributed by atoms with Crippen molar-refractivity contribution in [1.29, 1.82) is 0 Å². The first-order chi connectivity index (χ1) is 12.0. The van der Waals surface area contributed by atoms with Gasteiger partial charge in [-0.15, -0.1) is 11.3 Å². The number of hydrogen-bond donors (Lipinski definition) is 2. The first-order valence-electron chi connectivity index (χ1n) is 8.19. The quantitative estimate of drug-likeness (QED) is 0.799. The summed E-state index contributed by atoms with van der Waals surface area (Å²) < 4.78 is 0. The summed E-state index contributed by atoms with van der Waals surface area (Å²) in [6.45, 7) is 4.09. The van der Waals surface area contributed by atoms with Gasteiger partial charge in [0.05, 0.1) is 28.2 Å². The maximum atomic E-state index is 12.4. The number of β-amino-alcohol motifs (C(OH)–C–C–N with tert-alkyl or cyclic N) is 1. The standard InChI is InChI=1S/C18H21N3O3S/c1-11(20-18(24)16-7-15(23)8-21(16)10-22)13-3-5-14(6-4-13)17-12(2)19-9-25-17/h3-6,9-11,15-16,23H,7-8H2,1-2H3,(H,20,24)/t11-,15+,16-/m0/s1. The summed E-state index contributed by atoms with van der Waals surface area (Å²) in [5.74, 6) is -0.237. The van der Waals surface area contributed by atoms with Gasteiger partial charge in [-0.1, -0.05) is 24.3 Å². The number of rotatable bonds is 5. The van der Waals surface area contributed by atoms with E-state index in [-0.39, 0.29) is 24.9 Å². The van der Waals surface area contributed by atoms with Crippen molar-refractivity contribution in [3.63, 3.8) is 0 Å². The fourth-order valence-electron chi connectivity index (χ4n) is 3.11. The number of aryl methyl sites for hydroxylation is 1. The second kappa shape index (κ2) is 7.33. The Morgan fingerprint density at radius 2 is 2.16 bits per heavy atom. The van der Waals surface area contributed by atoms with Crippen LogP contribution in [0.2, 0.25) is 0 Å². The highest BCUT2D eigenvalue weighted by atomic mass is 32.1. The molecule has 2 aromatic rings. The zero-order chi connectivity index (χ0) is 18.0. The molecule has 0 aliphatic carbocycles. The van der Waals surface area contributed by atoms with Gasteiger partial charge in [-0.25, -0.2) is 4.98 Å². The minimum Gasteiger partial charge on any atom is -0.391 e. The van der Waals surface area contributed by atoms with Crippen molar-refractivity contribution < 1.29 is 14.7 Å². The van der Waals surface area contributed by atoms with E-state index in [9.17, 15) is 14.7 Å². The molecular formula is C18H21N3O3S. The van der Waals surface area contributed by atoms with Crippen molar-refractivity contribution in [2.45, 2.75) is 38.5 Å². The molecule has 25 heavy (non-hydrogen) atoms. The average molecular weight is 359 g/mol. The minimum absolute atomic E-state index is 0.185. The van der Waals surface area contributed by atoms with Crippen molar-refractivity contribution >= 4 is 23.7 Å². The summed E-state index contributed by atoms with van der Waals surface area (Å²) in [5, 5.41) is 12.6. The largest absolute Gasteiger partial charge is 0.391 e. The molecule has 6 nitrogen and oxygen atoms in total. The number of aliphatic hydroxyl groups excluding tert-OH is 1. The van der Waals surface area contributed by atoms with Crippen LogP contribution in [0.4, 0.5) is 0 Å². The van der Waals surface area contributed by atoms with Gasteiger partial charge in [-0.05, 0) is 25.0 Å². The van der Waals surface area contributed by atoms with Gasteiger partial charge in [-0.3, -0.25) is 9.59 Å². The molecule has 1 saturated heterocycles. The molecule has 3 atom stereocenters. The van der Waals surface area contributed by atoms with Gasteiger partial charge in [0.1, 0.15) is 6.04 Å². The lowest BCUT2D eigenvalue weighted by Gasteiger charge is -2.22. The smallest absolute Gasteiger partial charge is 0.243 e. The van der Waals surface area contributed by atoms with Crippen LogP contribution in [-0.2, 0) is 9.59 Å². The Kier molecular flexibility index (Phi) is 5.15. The van der Waals surface area contributed by atoms with Crippen LogP contribution in [0.1, 0.15) is 30.6 Å². The second-order valence-electron chi connectivity index (χ2n) is 6.33. The highest BCUT2D eigenvalue weighted by Crippen LogP contribution is 2.28. The van der Waals surface area contributed by atoms with Gasteiger partial charge in [0.2, 0.25) is 12.3 Å². The number of benzene rings is 1. The number of amides is 2. The predicted octanol–water partition coefficient (Wildman–Crippen LogP) is 1.89. The SMILES string of the molecule is Cc1ncsc1-c1ccc([C@H](C)NC(=O)[C@@H]2C[C@@H](O)CN2C=O)cc1. The molecule has 2 amide bonds. The van der Waals surface area contributed by atoms with Gasteiger partial charge in [0.15, 0.2) is 0 Å². The van der Waals surface area contributed by atoms with Gasteiger partial charge in [-0.2, -0.15) is 0 Å². The maximum Gasteiger partial charge on any atom is 0.243 e. The van der Waals surface area contributed by atoms with E-state index in [0.717, 1.165) is 21.7 Å². The highest BCUT2D eigenvalue weighted by Gasteiger charge is 2.35. The Hall–Kier alpha value is -2.25. The lowest BCUT2D eigenvalue weighted by molar-refractivity contribution is -0.131. The van der Waals surface area contributed by atoms with E-state index >= 15 is 0 Å². The Bertz CT molecular complexity index is 759. The third kappa shape index (κ3) is 3.72. The fraction of sp³-hybridized carbons (Fsp3) is 0.389. The fourth-order valence-corrected chi connectivity index (χ4v) is 3.92. The van der Waals surface area contributed by atoms with E-state index in [1.807, 2.05) is 43.6 Å². The molecule has 1 aliphatic rings. The molecule has 2 N–H and O–H groups in total. The molecule has 132 valence electrons. The summed E-state index contributed by atoms with van der Waals surface area (Å²) in [7, 11) is 0. The number of aliphatic hydroxyl groups is 1. The Labute approximate surface area is 150 Å². The van der Waals surface area contributed by atoms with Crippen LogP contribution >= 0.6 is 11.3 Å². The average Bonchev–Trinajstić information content (AvgIpc) is 3.20. The van der Waals surface area contributed by atoms with Crippen LogP contribution < -0.4 is 5.32 Å². The first kappa shape index (κ1) is 17.6. The van der Waals surface area contributed by atoms with Gasteiger partial charge < -0.3 is 15.3 Å². The van der Waals surface area contributed by atoms with Crippen LogP contribution in [0, 0.1) is 6.92 Å². The molecular weight excluding hydrogens is 338 g/mol. The van der Waals surface area contributed by atoms with E-state index in [0.29, 0.717) is 6.41 Å². The Morgan fingerprint density at radius 3 is 2.76 bits per heavy atom. The number of nitrogens with one attached hydrogen (secondary N) is 1. The van der Waals surface area contributed by atoms with Crippen molar-refractivity contribution in [2.75, 3.05) is 6.54 Å². The Morgan fingerprint density at radius 1 is 1.44 bits per heavy atom. The van der Waals surface area contributed by atoms with Crippen LogP contribution in [0.3, 0.4) is 0 Å². The van der Waals surface area contributed by atoms with E-state index in [1.165, 1.54) is 4.90 Å². The summed E-state index contributed by atoms with van der Waals surface area (Å²) in [6.07, 6.45) is 0.260. The van der Waals surface area contributed by atoms with E-state index in [4.69, 9.17) is 0 Å². The molecule has 1 aliphatic heterocycles. The van der Waals surface area contributed by atoms with Crippen molar-refractivity contribution in [3.8, 4) is 10.4 Å². The first-order valence-corrected chi connectivity index (χ1v) is 9.07. The zero-order valence-corrected chi connectivity index (χ0v) is 15.0. The van der Waals surface area contributed by atoms with Crippen molar-refractivity contribution in [3.05, 3.63) is 41.0 Å². The molecule has 0 unspecified atom stereocenters. The molecule has 0 bridgehead atoms. The van der Waals surface area contributed by atoms with Crippen LogP contribution in [0.25, 0.3) is 10.4 Å². The molecule has 1 fully saturated rings. The summed E-state index contributed by atoms with van der Waals surface area (Å²) >= 11 is 1.60. The molecule has 0 spiro atoms. The predicted molar refractivity (Wildman–Crippen MR) is 96.0 cm³/mol. The van der Waals surface area contributed by atoms with Gasteiger partial charge in [0, 0.05) is 13.0 Å². The lowest BCUT2D eigenvalue weighted by Crippen LogP contribution is -2.43. The molecule has 0 saturated carbocycles. The van der Waals surface area contributed by atoms with Crippen LogP contribution in [0.15, 0.2) is 29.8 Å². The summed E-state index contributed by atoms with van der Waals surface area (Å²) in [5.41, 5.74) is 4.92. The second-order valence-corrected chi connectivity index (χ2v) is 7.18.